The first-order chi connectivity index (χ1) is 9.53. The third-order valence-corrected chi connectivity index (χ3v) is 6.38. The maximum absolute atomic E-state index is 12.3. The summed E-state index contributed by atoms with van der Waals surface area (Å²) in [5, 5.41) is 0.408. The first-order valence-corrected chi connectivity index (χ1v) is 9.53. The molecule has 1 aliphatic heterocycles. The number of nitrogens with one attached hydrogen (secondary N) is 1. The van der Waals surface area contributed by atoms with Gasteiger partial charge in [-0.1, -0.05) is 19.1 Å². The number of benzene rings is 1. The number of hydrogen-bond donors (Lipinski definition) is 2. The van der Waals surface area contributed by atoms with Crippen molar-refractivity contribution in [2.75, 3.05) is 12.3 Å². The standard InChI is InChI=1S/C14H22N2O2S2/c1-2-14(15)11-5-3-7-13(9-11)20(17,18)16-10-12-6-4-8-19-12/h3,5,7,9,12,14,16H,2,4,6,8,10,15H2,1H3. The molecular weight excluding hydrogens is 292 g/mol. The lowest BCUT2D eigenvalue weighted by molar-refractivity contribution is 0.578. The molecule has 0 bridgehead atoms. The van der Waals surface area contributed by atoms with Crippen LogP contribution in [0.4, 0.5) is 0 Å². The maximum atomic E-state index is 12.3. The van der Waals surface area contributed by atoms with Crippen LogP contribution in [0.2, 0.25) is 0 Å². The van der Waals surface area contributed by atoms with Gasteiger partial charge in [0.25, 0.3) is 0 Å². The fraction of sp³-hybridized carbons (Fsp3) is 0.571. The van der Waals surface area contributed by atoms with Crippen LogP contribution in [0, 0.1) is 0 Å². The van der Waals surface area contributed by atoms with Crippen molar-refractivity contribution in [3.63, 3.8) is 0 Å². The predicted octanol–water partition coefficient (Wildman–Crippen LogP) is 2.27. The van der Waals surface area contributed by atoms with E-state index in [0.29, 0.717) is 16.7 Å². The highest BCUT2D eigenvalue weighted by Crippen LogP contribution is 2.26. The molecule has 0 spiro atoms. The summed E-state index contributed by atoms with van der Waals surface area (Å²) in [4.78, 5) is 0.307. The van der Waals surface area contributed by atoms with Crippen LogP contribution >= 0.6 is 11.8 Å². The van der Waals surface area contributed by atoms with E-state index in [9.17, 15) is 8.42 Å². The molecule has 2 rings (SSSR count). The lowest BCUT2D eigenvalue weighted by atomic mass is 10.1. The average Bonchev–Trinajstić information content (AvgIpc) is 2.98. The minimum Gasteiger partial charge on any atom is -0.324 e. The summed E-state index contributed by atoms with van der Waals surface area (Å²) in [6.45, 7) is 2.50. The zero-order chi connectivity index (χ0) is 14.6. The summed E-state index contributed by atoms with van der Waals surface area (Å²) in [5.41, 5.74) is 6.83. The Labute approximate surface area is 125 Å². The number of rotatable bonds is 6. The smallest absolute Gasteiger partial charge is 0.240 e. The first kappa shape index (κ1) is 15.8. The van der Waals surface area contributed by atoms with Gasteiger partial charge in [-0.15, -0.1) is 0 Å². The predicted molar refractivity (Wildman–Crippen MR) is 84.3 cm³/mol. The van der Waals surface area contributed by atoms with Gasteiger partial charge in [0, 0.05) is 17.8 Å². The summed E-state index contributed by atoms with van der Waals surface area (Å²) in [6, 6.07) is 6.81. The van der Waals surface area contributed by atoms with Gasteiger partial charge in [0.05, 0.1) is 4.90 Å². The Morgan fingerprint density at radius 1 is 1.50 bits per heavy atom. The average molecular weight is 314 g/mol. The van der Waals surface area contributed by atoms with Crippen molar-refractivity contribution in [3.05, 3.63) is 29.8 Å². The number of nitrogens with two attached hydrogens (primary N) is 1. The molecule has 1 aromatic rings. The fourth-order valence-electron chi connectivity index (χ4n) is 2.24. The molecule has 1 heterocycles. The van der Waals surface area contributed by atoms with Crippen LogP contribution in [0.15, 0.2) is 29.2 Å². The topological polar surface area (TPSA) is 72.2 Å². The van der Waals surface area contributed by atoms with E-state index in [0.717, 1.165) is 24.2 Å². The van der Waals surface area contributed by atoms with Crippen molar-refractivity contribution in [1.29, 1.82) is 0 Å². The van der Waals surface area contributed by atoms with Crippen molar-refractivity contribution >= 4 is 21.8 Å². The van der Waals surface area contributed by atoms with Gasteiger partial charge in [-0.05, 0) is 42.7 Å². The molecule has 0 aliphatic carbocycles. The lowest BCUT2D eigenvalue weighted by Crippen LogP contribution is -2.30. The normalized spacial score (nSPS) is 21.0. The van der Waals surface area contributed by atoms with Gasteiger partial charge in [0.2, 0.25) is 10.0 Å². The fourth-order valence-corrected chi connectivity index (χ4v) is 4.68. The molecule has 6 heteroatoms. The molecule has 3 N–H and O–H groups in total. The van der Waals surface area contributed by atoms with E-state index < -0.39 is 10.0 Å². The van der Waals surface area contributed by atoms with Gasteiger partial charge >= 0.3 is 0 Å². The Balaban J connectivity index is 2.08. The highest BCUT2D eigenvalue weighted by molar-refractivity contribution is 8.00. The van der Waals surface area contributed by atoms with Crippen molar-refractivity contribution in [2.24, 2.45) is 5.73 Å². The lowest BCUT2D eigenvalue weighted by Gasteiger charge is -2.13. The second kappa shape index (κ2) is 6.93. The summed E-state index contributed by atoms with van der Waals surface area (Å²) in [7, 11) is -3.43. The molecule has 0 radical (unpaired) electrons. The first-order valence-electron chi connectivity index (χ1n) is 6.99. The van der Waals surface area contributed by atoms with Crippen LogP contribution in [-0.2, 0) is 10.0 Å². The summed E-state index contributed by atoms with van der Waals surface area (Å²) in [6.07, 6.45) is 3.06. The van der Waals surface area contributed by atoms with Crippen molar-refractivity contribution in [1.82, 2.24) is 4.72 Å². The van der Waals surface area contributed by atoms with Crippen LogP contribution in [0.1, 0.15) is 37.8 Å². The molecule has 4 nitrogen and oxygen atoms in total. The molecule has 112 valence electrons. The summed E-state index contributed by atoms with van der Waals surface area (Å²) >= 11 is 1.84. The maximum Gasteiger partial charge on any atom is 0.240 e. The van der Waals surface area contributed by atoms with E-state index in [1.807, 2.05) is 24.8 Å². The van der Waals surface area contributed by atoms with Crippen LogP contribution < -0.4 is 10.5 Å². The quantitative estimate of drug-likeness (QED) is 0.845. The van der Waals surface area contributed by atoms with Gasteiger partial charge < -0.3 is 5.73 Å². The van der Waals surface area contributed by atoms with E-state index in [1.165, 1.54) is 6.42 Å². The molecule has 1 aliphatic rings. The van der Waals surface area contributed by atoms with E-state index in [-0.39, 0.29) is 6.04 Å². The van der Waals surface area contributed by atoms with E-state index in [4.69, 9.17) is 5.73 Å². The Bertz CT molecular complexity index is 540. The van der Waals surface area contributed by atoms with Crippen LogP contribution in [0.5, 0.6) is 0 Å². The van der Waals surface area contributed by atoms with Gasteiger partial charge in [-0.3, -0.25) is 0 Å². The molecule has 1 fully saturated rings. The monoisotopic (exact) mass is 314 g/mol. The van der Waals surface area contributed by atoms with Crippen molar-refractivity contribution in [2.45, 2.75) is 42.4 Å². The third-order valence-electron chi connectivity index (χ3n) is 3.56. The Kier molecular flexibility index (Phi) is 5.49. The molecule has 0 saturated carbocycles. The van der Waals surface area contributed by atoms with E-state index >= 15 is 0 Å². The zero-order valence-electron chi connectivity index (χ0n) is 11.7. The molecule has 0 aromatic heterocycles. The SMILES string of the molecule is CCC(N)c1cccc(S(=O)(=O)NCC2CCCS2)c1. The van der Waals surface area contributed by atoms with Gasteiger partial charge in [0.15, 0.2) is 0 Å². The summed E-state index contributed by atoms with van der Waals surface area (Å²) < 4.78 is 27.3. The Morgan fingerprint density at radius 2 is 2.30 bits per heavy atom. The van der Waals surface area contributed by atoms with Crippen LogP contribution in [0.25, 0.3) is 0 Å². The Hall–Kier alpha value is -0.560. The minimum absolute atomic E-state index is 0.115. The molecule has 2 atom stereocenters. The molecule has 1 aromatic carbocycles. The highest BCUT2D eigenvalue weighted by Gasteiger charge is 2.20. The van der Waals surface area contributed by atoms with E-state index in [2.05, 4.69) is 4.72 Å². The Morgan fingerprint density at radius 3 is 2.95 bits per heavy atom. The van der Waals surface area contributed by atoms with Crippen molar-refractivity contribution in [3.8, 4) is 0 Å². The highest BCUT2D eigenvalue weighted by atomic mass is 32.2. The minimum atomic E-state index is -3.43. The molecule has 20 heavy (non-hydrogen) atoms. The van der Waals surface area contributed by atoms with E-state index in [1.54, 1.807) is 18.2 Å². The van der Waals surface area contributed by atoms with Crippen LogP contribution in [0.3, 0.4) is 0 Å². The number of thioether (sulfide) groups is 1. The summed E-state index contributed by atoms with van der Waals surface area (Å²) in [5.74, 6) is 1.13. The van der Waals surface area contributed by atoms with Gasteiger partial charge in [-0.25, -0.2) is 13.1 Å². The molecular formula is C14H22N2O2S2. The third kappa shape index (κ3) is 3.97. The molecule has 2 unspecified atom stereocenters. The van der Waals surface area contributed by atoms with Gasteiger partial charge in [0.1, 0.15) is 0 Å². The van der Waals surface area contributed by atoms with Crippen LogP contribution in [-0.4, -0.2) is 26.0 Å². The molecule has 1 saturated heterocycles. The number of sulfonamides is 1. The second-order valence-corrected chi connectivity index (χ2v) is 8.25. The second-order valence-electron chi connectivity index (χ2n) is 5.07. The number of hydrogen-bond acceptors (Lipinski definition) is 4. The van der Waals surface area contributed by atoms with Crippen molar-refractivity contribution < 1.29 is 8.42 Å². The largest absolute Gasteiger partial charge is 0.324 e. The van der Waals surface area contributed by atoms with Gasteiger partial charge in [-0.2, -0.15) is 11.8 Å². The molecule has 0 amide bonds. The zero-order valence-corrected chi connectivity index (χ0v) is 13.3.